The third kappa shape index (κ3) is 3.53. The van der Waals surface area contributed by atoms with Crippen LogP contribution in [0.3, 0.4) is 0 Å². The molecule has 0 saturated carbocycles. The summed E-state index contributed by atoms with van der Waals surface area (Å²) in [6.07, 6.45) is 0.482. The summed E-state index contributed by atoms with van der Waals surface area (Å²) < 4.78 is 13.8. The van der Waals surface area contributed by atoms with Crippen molar-refractivity contribution in [1.82, 2.24) is 10.3 Å². The number of benzene rings is 1. The van der Waals surface area contributed by atoms with Gasteiger partial charge in [-0.2, -0.15) is 0 Å². The van der Waals surface area contributed by atoms with Gasteiger partial charge in [0, 0.05) is 17.8 Å². The molecule has 0 fully saturated rings. The van der Waals surface area contributed by atoms with Gasteiger partial charge in [-0.3, -0.25) is 0 Å². The van der Waals surface area contributed by atoms with Crippen molar-refractivity contribution in [3.63, 3.8) is 0 Å². The monoisotopic (exact) mass is 298 g/mol. The number of halogens is 2. The molecular formula is C14H16ClFN2S. The van der Waals surface area contributed by atoms with Crippen LogP contribution in [0.2, 0.25) is 5.02 Å². The van der Waals surface area contributed by atoms with Gasteiger partial charge in [0.1, 0.15) is 5.82 Å². The first-order valence-corrected chi connectivity index (χ1v) is 7.48. The second-order valence-corrected chi connectivity index (χ2v) is 5.69. The van der Waals surface area contributed by atoms with Gasteiger partial charge in [0.2, 0.25) is 0 Å². The van der Waals surface area contributed by atoms with Crippen LogP contribution in [-0.2, 0) is 6.42 Å². The summed E-state index contributed by atoms with van der Waals surface area (Å²) in [4.78, 5) is 4.54. The quantitative estimate of drug-likeness (QED) is 0.895. The van der Waals surface area contributed by atoms with Crippen LogP contribution in [0, 0.1) is 5.82 Å². The third-order valence-electron chi connectivity index (χ3n) is 2.90. The molecule has 0 spiro atoms. The molecule has 2 nitrogen and oxygen atoms in total. The molecular weight excluding hydrogens is 283 g/mol. The van der Waals surface area contributed by atoms with E-state index in [-0.39, 0.29) is 16.9 Å². The molecule has 19 heavy (non-hydrogen) atoms. The summed E-state index contributed by atoms with van der Waals surface area (Å²) in [6, 6.07) is 5.28. The van der Waals surface area contributed by atoms with E-state index in [1.165, 1.54) is 0 Å². The van der Waals surface area contributed by atoms with Crippen molar-refractivity contribution in [2.45, 2.75) is 26.3 Å². The zero-order valence-electron chi connectivity index (χ0n) is 10.9. The lowest BCUT2D eigenvalue weighted by Crippen LogP contribution is -2.17. The van der Waals surface area contributed by atoms with Crippen molar-refractivity contribution >= 4 is 22.9 Å². The second kappa shape index (κ2) is 6.46. The van der Waals surface area contributed by atoms with Gasteiger partial charge < -0.3 is 5.32 Å². The lowest BCUT2D eigenvalue weighted by molar-refractivity contribution is 0.584. The maximum atomic E-state index is 13.8. The number of rotatable bonds is 5. The first-order chi connectivity index (χ1) is 9.11. The zero-order valence-corrected chi connectivity index (χ0v) is 12.5. The fraction of sp³-hybridized carbons (Fsp3) is 0.357. The van der Waals surface area contributed by atoms with Gasteiger partial charge in [-0.15, -0.1) is 11.3 Å². The average Bonchev–Trinajstić information content (AvgIpc) is 2.84. The average molecular weight is 299 g/mol. The molecule has 0 radical (unpaired) electrons. The van der Waals surface area contributed by atoms with Gasteiger partial charge in [0.15, 0.2) is 0 Å². The highest BCUT2D eigenvalue weighted by Gasteiger charge is 2.12. The first-order valence-electron chi connectivity index (χ1n) is 6.22. The molecule has 1 unspecified atom stereocenters. The molecule has 0 aliphatic heterocycles. The Morgan fingerprint density at radius 3 is 3.00 bits per heavy atom. The second-order valence-electron chi connectivity index (χ2n) is 4.34. The molecule has 1 N–H and O–H groups in total. The maximum absolute atomic E-state index is 13.8. The smallest absolute Gasteiger partial charge is 0.145 e. The van der Waals surface area contributed by atoms with E-state index in [9.17, 15) is 4.39 Å². The van der Waals surface area contributed by atoms with Gasteiger partial charge in [-0.1, -0.05) is 30.7 Å². The van der Waals surface area contributed by atoms with Crippen LogP contribution in [0.15, 0.2) is 23.6 Å². The van der Waals surface area contributed by atoms with Crippen LogP contribution in [0.25, 0.3) is 0 Å². The first kappa shape index (κ1) is 14.4. The minimum Gasteiger partial charge on any atom is -0.309 e. The van der Waals surface area contributed by atoms with Crippen LogP contribution in [0.5, 0.6) is 0 Å². The Labute approximate surface area is 121 Å². The molecule has 1 heterocycles. The van der Waals surface area contributed by atoms with Crippen LogP contribution in [0.4, 0.5) is 4.39 Å². The number of nitrogens with one attached hydrogen (secondary N) is 1. The SMILES string of the molecule is CCNC(C)c1csc(Cc2cccc(Cl)c2F)n1. The lowest BCUT2D eigenvalue weighted by atomic mass is 10.1. The van der Waals surface area contributed by atoms with E-state index in [0.717, 1.165) is 17.2 Å². The Balaban J connectivity index is 2.14. The molecule has 5 heteroatoms. The Hall–Kier alpha value is -0.970. The summed E-state index contributed by atoms with van der Waals surface area (Å²) in [5.41, 5.74) is 1.59. The van der Waals surface area contributed by atoms with Crippen molar-refractivity contribution in [3.05, 3.63) is 50.7 Å². The van der Waals surface area contributed by atoms with Crippen molar-refractivity contribution in [2.75, 3.05) is 6.54 Å². The van der Waals surface area contributed by atoms with Gasteiger partial charge in [0.25, 0.3) is 0 Å². The van der Waals surface area contributed by atoms with E-state index >= 15 is 0 Å². The standard InChI is InChI=1S/C14H16ClFN2S/c1-3-17-9(2)12-8-19-13(18-12)7-10-5-4-6-11(15)14(10)16/h4-6,8-9,17H,3,7H2,1-2H3. The van der Waals surface area contributed by atoms with Crippen LogP contribution < -0.4 is 5.32 Å². The minimum absolute atomic E-state index is 0.162. The van der Waals surface area contributed by atoms with Crippen molar-refractivity contribution < 1.29 is 4.39 Å². The molecule has 1 atom stereocenters. The molecule has 0 amide bonds. The fourth-order valence-electron chi connectivity index (χ4n) is 1.86. The Kier molecular flexibility index (Phi) is 4.91. The fourth-order valence-corrected chi connectivity index (χ4v) is 2.97. The highest BCUT2D eigenvalue weighted by Crippen LogP contribution is 2.23. The molecule has 0 saturated heterocycles. The van der Waals surface area contributed by atoms with E-state index < -0.39 is 0 Å². The predicted octanol–water partition coefficient (Wildman–Crippen LogP) is 4.20. The minimum atomic E-state index is -0.347. The summed E-state index contributed by atoms with van der Waals surface area (Å²) in [5.74, 6) is -0.347. The normalized spacial score (nSPS) is 12.6. The molecule has 102 valence electrons. The van der Waals surface area contributed by atoms with Crippen molar-refractivity contribution in [1.29, 1.82) is 0 Å². The molecule has 1 aromatic carbocycles. The lowest BCUT2D eigenvalue weighted by Gasteiger charge is -2.08. The summed E-state index contributed by atoms with van der Waals surface area (Å²) >= 11 is 7.33. The molecule has 2 rings (SSSR count). The Morgan fingerprint density at radius 1 is 1.47 bits per heavy atom. The molecule has 2 aromatic rings. The van der Waals surface area contributed by atoms with Gasteiger partial charge in [0.05, 0.1) is 15.7 Å². The molecule has 0 aliphatic rings. The summed E-state index contributed by atoms with van der Waals surface area (Å²) in [6.45, 7) is 5.03. The Morgan fingerprint density at radius 2 is 2.26 bits per heavy atom. The van der Waals surface area contributed by atoms with E-state index in [1.807, 2.05) is 5.38 Å². The highest BCUT2D eigenvalue weighted by atomic mass is 35.5. The number of hydrogen-bond donors (Lipinski definition) is 1. The van der Waals surface area contributed by atoms with Gasteiger partial charge >= 0.3 is 0 Å². The van der Waals surface area contributed by atoms with Gasteiger partial charge in [-0.25, -0.2) is 9.37 Å². The largest absolute Gasteiger partial charge is 0.309 e. The topological polar surface area (TPSA) is 24.9 Å². The van der Waals surface area contributed by atoms with Crippen molar-refractivity contribution in [2.24, 2.45) is 0 Å². The number of thiazole rings is 1. The van der Waals surface area contributed by atoms with E-state index in [1.54, 1.807) is 29.5 Å². The predicted molar refractivity (Wildman–Crippen MR) is 78.4 cm³/mol. The molecule has 0 bridgehead atoms. The molecule has 0 aliphatic carbocycles. The van der Waals surface area contributed by atoms with E-state index in [2.05, 4.69) is 24.1 Å². The Bertz CT molecular complexity index is 556. The van der Waals surface area contributed by atoms with E-state index in [0.29, 0.717) is 12.0 Å². The number of hydrogen-bond acceptors (Lipinski definition) is 3. The summed E-state index contributed by atoms with van der Waals surface area (Å²) in [7, 11) is 0. The van der Waals surface area contributed by atoms with Crippen LogP contribution in [-0.4, -0.2) is 11.5 Å². The number of aromatic nitrogens is 1. The molecule has 1 aromatic heterocycles. The number of nitrogens with zero attached hydrogens (tertiary/aromatic N) is 1. The maximum Gasteiger partial charge on any atom is 0.145 e. The van der Waals surface area contributed by atoms with Gasteiger partial charge in [-0.05, 0) is 25.1 Å². The zero-order chi connectivity index (χ0) is 13.8. The van der Waals surface area contributed by atoms with Crippen LogP contribution in [0.1, 0.15) is 36.2 Å². The summed E-state index contributed by atoms with van der Waals surface area (Å²) in [5, 5.41) is 6.39. The highest BCUT2D eigenvalue weighted by molar-refractivity contribution is 7.09. The van der Waals surface area contributed by atoms with Crippen molar-refractivity contribution in [3.8, 4) is 0 Å². The third-order valence-corrected chi connectivity index (χ3v) is 4.06. The van der Waals surface area contributed by atoms with E-state index in [4.69, 9.17) is 11.6 Å². The van der Waals surface area contributed by atoms with Crippen LogP contribution >= 0.6 is 22.9 Å².